The minimum Gasteiger partial charge on any atom is -0.390 e. The molecule has 1 saturated heterocycles. The third kappa shape index (κ3) is 3.54. The topological polar surface area (TPSA) is 40.5 Å². The van der Waals surface area contributed by atoms with Crippen molar-refractivity contribution < 1.29 is 9.90 Å². The van der Waals surface area contributed by atoms with Crippen LogP contribution in [0.15, 0.2) is 12.1 Å². The molecule has 0 atom stereocenters. The van der Waals surface area contributed by atoms with Gasteiger partial charge in [-0.05, 0) is 54.5 Å². The number of aliphatic hydroxyl groups is 1. The number of carbonyl (C=O) groups excluding carboxylic acids is 1. The Bertz CT molecular complexity index is 510. The predicted octanol–water partition coefficient (Wildman–Crippen LogP) is 3.59. The molecule has 1 amide bonds. The molecule has 3 nitrogen and oxygen atoms in total. The molecule has 1 aliphatic rings. The maximum atomic E-state index is 12.5. The van der Waals surface area contributed by atoms with Crippen LogP contribution in [-0.2, 0) is 0 Å². The molecule has 1 aromatic rings. The minimum atomic E-state index is -0.671. The molecular formula is C13H14Cl2INO2. The maximum absolute atomic E-state index is 12.5. The molecule has 1 N–H and O–H groups in total. The predicted molar refractivity (Wildman–Crippen MR) is 84.9 cm³/mol. The average molecular weight is 414 g/mol. The Morgan fingerprint density at radius 1 is 1.37 bits per heavy atom. The van der Waals surface area contributed by atoms with E-state index in [-0.39, 0.29) is 5.91 Å². The Morgan fingerprint density at radius 3 is 2.53 bits per heavy atom. The molecule has 1 heterocycles. The lowest BCUT2D eigenvalue weighted by atomic mass is 9.93. The Morgan fingerprint density at radius 2 is 1.95 bits per heavy atom. The van der Waals surface area contributed by atoms with E-state index in [1.807, 2.05) is 0 Å². The second-order valence-corrected chi connectivity index (χ2v) is 6.96. The summed E-state index contributed by atoms with van der Waals surface area (Å²) in [6.45, 7) is 2.90. The number of hydrogen-bond donors (Lipinski definition) is 1. The Hall–Kier alpha value is -0.0400. The number of halogens is 3. The van der Waals surface area contributed by atoms with Gasteiger partial charge in [0.25, 0.3) is 5.91 Å². The van der Waals surface area contributed by atoms with E-state index >= 15 is 0 Å². The van der Waals surface area contributed by atoms with Crippen molar-refractivity contribution in [1.82, 2.24) is 4.90 Å². The number of hydrogen-bond acceptors (Lipinski definition) is 2. The number of carbonyl (C=O) groups is 1. The molecule has 0 unspecified atom stereocenters. The van der Waals surface area contributed by atoms with Crippen LogP contribution in [0.2, 0.25) is 10.0 Å². The number of likely N-dealkylation sites (tertiary alicyclic amines) is 1. The first-order chi connectivity index (χ1) is 8.80. The molecule has 0 aliphatic carbocycles. The lowest BCUT2D eigenvalue weighted by Crippen LogP contribution is -2.45. The highest BCUT2D eigenvalue weighted by atomic mass is 127. The molecule has 19 heavy (non-hydrogen) atoms. The van der Waals surface area contributed by atoms with Gasteiger partial charge in [-0.1, -0.05) is 23.2 Å². The van der Waals surface area contributed by atoms with Crippen molar-refractivity contribution in [3.05, 3.63) is 31.3 Å². The van der Waals surface area contributed by atoms with Gasteiger partial charge >= 0.3 is 0 Å². The van der Waals surface area contributed by atoms with E-state index in [2.05, 4.69) is 22.6 Å². The SMILES string of the molecule is CC1(O)CCN(C(=O)c2cc(Cl)cc(Cl)c2I)CC1. The van der Waals surface area contributed by atoms with Crippen molar-refractivity contribution >= 4 is 51.7 Å². The fraction of sp³-hybridized carbons (Fsp3) is 0.462. The third-order valence-corrected chi connectivity index (χ3v) is 5.35. The molecule has 1 aromatic carbocycles. The summed E-state index contributed by atoms with van der Waals surface area (Å²) in [7, 11) is 0. The smallest absolute Gasteiger partial charge is 0.255 e. The number of piperidine rings is 1. The molecule has 104 valence electrons. The van der Waals surface area contributed by atoms with E-state index in [0.29, 0.717) is 45.1 Å². The zero-order valence-electron chi connectivity index (χ0n) is 10.4. The minimum absolute atomic E-state index is 0.0794. The highest BCUT2D eigenvalue weighted by Gasteiger charge is 2.30. The van der Waals surface area contributed by atoms with Crippen LogP contribution < -0.4 is 0 Å². The standard InChI is InChI=1S/C13H14Cl2INO2/c1-13(19)2-4-17(5-3-13)12(18)9-6-8(14)7-10(15)11(9)16/h6-7,19H,2-5H2,1H3. The van der Waals surface area contributed by atoms with Gasteiger partial charge in [0.05, 0.1) is 16.2 Å². The van der Waals surface area contributed by atoms with Crippen molar-refractivity contribution in [2.24, 2.45) is 0 Å². The molecule has 0 spiro atoms. The Labute approximate surface area is 136 Å². The Balaban J connectivity index is 2.21. The van der Waals surface area contributed by atoms with Gasteiger partial charge in [-0.15, -0.1) is 0 Å². The second kappa shape index (κ2) is 5.76. The quantitative estimate of drug-likeness (QED) is 0.564. The fourth-order valence-corrected chi connectivity index (χ4v) is 3.11. The van der Waals surface area contributed by atoms with Crippen LogP contribution in [0.3, 0.4) is 0 Å². The number of rotatable bonds is 1. The van der Waals surface area contributed by atoms with Gasteiger partial charge in [-0.25, -0.2) is 0 Å². The molecular weight excluding hydrogens is 400 g/mol. The lowest BCUT2D eigenvalue weighted by Gasteiger charge is -2.36. The molecule has 1 aliphatic heterocycles. The molecule has 0 radical (unpaired) electrons. The van der Waals surface area contributed by atoms with E-state index in [1.54, 1.807) is 24.0 Å². The van der Waals surface area contributed by atoms with Gasteiger partial charge in [0, 0.05) is 21.7 Å². The van der Waals surface area contributed by atoms with E-state index < -0.39 is 5.60 Å². The van der Waals surface area contributed by atoms with Gasteiger partial charge < -0.3 is 10.0 Å². The van der Waals surface area contributed by atoms with Crippen LogP contribution in [0.4, 0.5) is 0 Å². The highest BCUT2D eigenvalue weighted by Crippen LogP contribution is 2.29. The Kier molecular flexibility index (Phi) is 4.65. The fourth-order valence-electron chi connectivity index (χ4n) is 2.07. The van der Waals surface area contributed by atoms with Crippen molar-refractivity contribution in [1.29, 1.82) is 0 Å². The van der Waals surface area contributed by atoms with E-state index in [9.17, 15) is 9.90 Å². The molecule has 2 rings (SSSR count). The summed E-state index contributed by atoms with van der Waals surface area (Å²) < 4.78 is 0.714. The lowest BCUT2D eigenvalue weighted by molar-refractivity contribution is -0.00205. The average Bonchev–Trinajstić information content (AvgIpc) is 2.33. The van der Waals surface area contributed by atoms with Crippen molar-refractivity contribution in [2.45, 2.75) is 25.4 Å². The van der Waals surface area contributed by atoms with E-state index in [1.165, 1.54) is 0 Å². The highest BCUT2D eigenvalue weighted by molar-refractivity contribution is 14.1. The first kappa shape index (κ1) is 15.4. The third-order valence-electron chi connectivity index (χ3n) is 3.35. The molecule has 0 saturated carbocycles. The van der Waals surface area contributed by atoms with Crippen LogP contribution in [0.25, 0.3) is 0 Å². The van der Waals surface area contributed by atoms with Crippen LogP contribution in [-0.4, -0.2) is 34.6 Å². The first-order valence-corrected chi connectivity index (χ1v) is 7.80. The van der Waals surface area contributed by atoms with Crippen molar-refractivity contribution in [2.75, 3.05) is 13.1 Å². The van der Waals surface area contributed by atoms with Gasteiger partial charge in [0.15, 0.2) is 0 Å². The zero-order chi connectivity index (χ0) is 14.2. The summed E-state index contributed by atoms with van der Waals surface area (Å²) in [5.74, 6) is -0.0794. The van der Waals surface area contributed by atoms with Gasteiger partial charge in [0.1, 0.15) is 0 Å². The van der Waals surface area contributed by atoms with Gasteiger partial charge in [-0.2, -0.15) is 0 Å². The summed E-state index contributed by atoms with van der Waals surface area (Å²) >= 11 is 14.0. The molecule has 0 aromatic heterocycles. The van der Waals surface area contributed by atoms with Gasteiger partial charge in [-0.3, -0.25) is 4.79 Å². The van der Waals surface area contributed by atoms with Crippen LogP contribution in [0, 0.1) is 3.57 Å². The first-order valence-electron chi connectivity index (χ1n) is 5.96. The summed E-state index contributed by atoms with van der Waals surface area (Å²) in [5, 5.41) is 10.8. The summed E-state index contributed by atoms with van der Waals surface area (Å²) in [6, 6.07) is 3.27. The van der Waals surface area contributed by atoms with E-state index in [4.69, 9.17) is 23.2 Å². The normalized spacial score (nSPS) is 18.5. The van der Waals surface area contributed by atoms with Crippen LogP contribution in [0.1, 0.15) is 30.1 Å². The summed E-state index contributed by atoms with van der Waals surface area (Å²) in [4.78, 5) is 14.2. The molecule has 6 heteroatoms. The number of benzene rings is 1. The van der Waals surface area contributed by atoms with Crippen molar-refractivity contribution in [3.8, 4) is 0 Å². The van der Waals surface area contributed by atoms with Gasteiger partial charge in [0.2, 0.25) is 0 Å². The molecule has 0 bridgehead atoms. The monoisotopic (exact) mass is 413 g/mol. The molecule has 1 fully saturated rings. The summed E-state index contributed by atoms with van der Waals surface area (Å²) in [5.41, 5.74) is -0.143. The van der Waals surface area contributed by atoms with Crippen LogP contribution >= 0.6 is 45.8 Å². The second-order valence-electron chi connectivity index (χ2n) is 5.04. The maximum Gasteiger partial charge on any atom is 0.255 e. The number of amides is 1. The number of nitrogens with zero attached hydrogens (tertiary/aromatic N) is 1. The van der Waals surface area contributed by atoms with Crippen LogP contribution in [0.5, 0.6) is 0 Å². The summed E-state index contributed by atoms with van der Waals surface area (Å²) in [6.07, 6.45) is 1.17. The van der Waals surface area contributed by atoms with E-state index in [0.717, 1.165) is 0 Å². The zero-order valence-corrected chi connectivity index (χ0v) is 14.1. The van der Waals surface area contributed by atoms with Crippen molar-refractivity contribution in [3.63, 3.8) is 0 Å². The largest absolute Gasteiger partial charge is 0.390 e.